The monoisotopic (exact) mass is 560 g/mol. The minimum Gasteiger partial charge on any atom is -0.462 e. The molecule has 0 bridgehead atoms. The third-order valence-electron chi connectivity index (χ3n) is 3.79. The van der Waals surface area contributed by atoms with Crippen LogP contribution in [-0.4, -0.2) is 41.1 Å². The number of carbonyl (C=O) groups is 4. The summed E-state index contributed by atoms with van der Waals surface area (Å²) in [6.45, 7) is 1.36. The first kappa shape index (κ1) is 22.4. The largest absolute Gasteiger partial charge is 0.462 e. The zero-order chi connectivity index (χ0) is 21.8. The Morgan fingerprint density at radius 3 is 2.73 bits per heavy atom. The maximum absolute atomic E-state index is 12.5. The minimum absolute atomic E-state index is 0.0958. The van der Waals surface area contributed by atoms with Crippen LogP contribution in [0.15, 0.2) is 39.7 Å². The lowest BCUT2D eigenvalue weighted by molar-refractivity contribution is -0.127. The fourth-order valence-electron chi connectivity index (χ4n) is 2.48. The molecule has 0 aliphatic carbocycles. The lowest BCUT2D eigenvalue weighted by Crippen LogP contribution is -2.36. The van der Waals surface area contributed by atoms with E-state index in [4.69, 9.17) is 20.8 Å². The number of benzene rings is 1. The highest BCUT2D eigenvalue weighted by molar-refractivity contribution is 14.1. The number of carbonyl (C=O) groups excluding carboxylic acids is 4. The normalized spacial score (nSPS) is 15.0. The third-order valence-corrected chi connectivity index (χ3v) is 5.60. The van der Waals surface area contributed by atoms with Gasteiger partial charge in [-0.15, -0.1) is 0 Å². The molecule has 156 valence electrons. The van der Waals surface area contributed by atoms with Crippen LogP contribution in [0.2, 0.25) is 5.02 Å². The van der Waals surface area contributed by atoms with E-state index in [0.29, 0.717) is 9.53 Å². The highest BCUT2D eigenvalue weighted by atomic mass is 127. The first-order valence-corrected chi connectivity index (χ1v) is 10.8. The average molecular weight is 561 g/mol. The number of hydrogen-bond acceptors (Lipinski definition) is 7. The Kier molecular flexibility index (Phi) is 7.21. The van der Waals surface area contributed by atoms with Crippen LogP contribution < -0.4 is 5.32 Å². The van der Waals surface area contributed by atoms with Crippen molar-refractivity contribution in [2.24, 2.45) is 0 Å². The molecule has 1 saturated heterocycles. The molecule has 0 unspecified atom stereocenters. The Morgan fingerprint density at radius 2 is 2.07 bits per heavy atom. The van der Waals surface area contributed by atoms with Gasteiger partial charge in [-0.2, -0.15) is 0 Å². The van der Waals surface area contributed by atoms with Crippen LogP contribution in [0.5, 0.6) is 0 Å². The van der Waals surface area contributed by atoms with Gasteiger partial charge in [-0.3, -0.25) is 19.3 Å². The Labute approximate surface area is 194 Å². The molecule has 1 N–H and O–H groups in total. The number of amides is 3. The predicted molar refractivity (Wildman–Crippen MR) is 120 cm³/mol. The summed E-state index contributed by atoms with van der Waals surface area (Å²) in [7, 11) is 0. The molecular weight excluding hydrogens is 547 g/mol. The van der Waals surface area contributed by atoms with Crippen LogP contribution in [0.3, 0.4) is 0 Å². The maximum Gasteiger partial charge on any atom is 0.339 e. The third kappa shape index (κ3) is 5.24. The van der Waals surface area contributed by atoms with E-state index >= 15 is 0 Å². The van der Waals surface area contributed by atoms with Crippen molar-refractivity contribution >= 4 is 80.7 Å². The Morgan fingerprint density at radius 1 is 1.30 bits per heavy atom. The number of nitrogens with zero attached hydrogens (tertiary/aromatic N) is 1. The quantitative estimate of drug-likeness (QED) is 0.317. The smallest absolute Gasteiger partial charge is 0.339 e. The number of thioether (sulfide) groups is 1. The second-order valence-electron chi connectivity index (χ2n) is 5.87. The van der Waals surface area contributed by atoms with Crippen molar-refractivity contribution in [2.75, 3.05) is 18.5 Å². The molecule has 8 nitrogen and oxygen atoms in total. The molecule has 1 aliphatic heterocycles. The lowest BCUT2D eigenvalue weighted by atomic mass is 10.2. The number of esters is 1. The molecule has 1 aromatic carbocycles. The molecule has 1 fully saturated rings. The molecule has 1 aliphatic rings. The van der Waals surface area contributed by atoms with Crippen molar-refractivity contribution in [3.8, 4) is 0 Å². The second kappa shape index (κ2) is 9.67. The summed E-state index contributed by atoms with van der Waals surface area (Å²) in [6.07, 6.45) is 1.45. The van der Waals surface area contributed by atoms with Gasteiger partial charge in [0.25, 0.3) is 11.1 Å². The van der Waals surface area contributed by atoms with Gasteiger partial charge >= 0.3 is 5.97 Å². The second-order valence-corrected chi connectivity index (χ2v) is 8.34. The van der Waals surface area contributed by atoms with E-state index in [2.05, 4.69) is 5.32 Å². The fourth-order valence-corrected chi connectivity index (χ4v) is 3.93. The predicted octanol–water partition coefficient (Wildman–Crippen LogP) is 4.39. The highest BCUT2D eigenvalue weighted by Crippen LogP contribution is 2.32. The fraction of sp³-hybridized carbons (Fsp3) is 0.158. The average Bonchev–Trinajstić information content (AvgIpc) is 3.21. The SMILES string of the molecule is CCOC(=O)c1cc(NC(=O)CN2C(=O)S/C(=C\c3ccc(I)o3)C2=O)ccc1Cl. The molecule has 2 heterocycles. The summed E-state index contributed by atoms with van der Waals surface area (Å²) >= 11 is 8.70. The highest BCUT2D eigenvalue weighted by Gasteiger charge is 2.36. The molecule has 1 aromatic heterocycles. The summed E-state index contributed by atoms with van der Waals surface area (Å²) in [5.74, 6) is -1.39. The molecule has 3 amide bonds. The van der Waals surface area contributed by atoms with E-state index in [9.17, 15) is 19.2 Å². The van der Waals surface area contributed by atoms with Gasteiger partial charge in [-0.1, -0.05) is 11.6 Å². The molecule has 0 atom stereocenters. The Hall–Kier alpha value is -2.31. The van der Waals surface area contributed by atoms with Gasteiger partial charge in [0.05, 0.1) is 22.1 Å². The summed E-state index contributed by atoms with van der Waals surface area (Å²) in [5.41, 5.74) is 0.374. The maximum atomic E-state index is 12.5. The van der Waals surface area contributed by atoms with E-state index in [0.717, 1.165) is 16.7 Å². The number of ether oxygens (including phenoxy) is 1. The summed E-state index contributed by atoms with van der Waals surface area (Å²) in [5, 5.41) is 2.15. The molecule has 0 saturated carbocycles. The van der Waals surface area contributed by atoms with Crippen LogP contribution >= 0.6 is 46.0 Å². The number of furan rings is 1. The van der Waals surface area contributed by atoms with Crippen molar-refractivity contribution in [1.29, 1.82) is 0 Å². The van der Waals surface area contributed by atoms with Crippen molar-refractivity contribution in [2.45, 2.75) is 6.92 Å². The minimum atomic E-state index is -0.623. The van der Waals surface area contributed by atoms with Crippen LogP contribution in [0.4, 0.5) is 10.5 Å². The zero-order valence-corrected chi connectivity index (χ0v) is 19.2. The number of halogens is 2. The van der Waals surface area contributed by atoms with Gasteiger partial charge in [-0.25, -0.2) is 4.79 Å². The van der Waals surface area contributed by atoms with Crippen molar-refractivity contribution < 1.29 is 28.3 Å². The van der Waals surface area contributed by atoms with Gasteiger partial charge in [0.15, 0.2) is 3.77 Å². The number of rotatable bonds is 6. The topological polar surface area (TPSA) is 106 Å². The first-order chi connectivity index (χ1) is 14.3. The molecule has 0 spiro atoms. The summed E-state index contributed by atoms with van der Waals surface area (Å²) < 4.78 is 10.9. The number of hydrogen-bond donors (Lipinski definition) is 1. The van der Waals surface area contributed by atoms with E-state index in [-0.39, 0.29) is 27.8 Å². The van der Waals surface area contributed by atoms with Crippen LogP contribution in [0.1, 0.15) is 23.0 Å². The van der Waals surface area contributed by atoms with Gasteiger partial charge in [0.1, 0.15) is 12.3 Å². The van der Waals surface area contributed by atoms with Crippen molar-refractivity contribution in [3.05, 3.63) is 55.4 Å². The summed E-state index contributed by atoms with van der Waals surface area (Å²) in [4.78, 5) is 49.9. The standard InChI is InChI=1S/C19H14ClIN2O6S/c1-2-28-18(26)12-7-10(3-5-13(12)20)22-16(24)9-23-17(25)14(30-19(23)27)8-11-4-6-15(21)29-11/h3-8H,2,9H2,1H3,(H,22,24)/b14-8-. The van der Waals surface area contributed by atoms with E-state index in [1.54, 1.807) is 19.1 Å². The van der Waals surface area contributed by atoms with E-state index in [1.807, 2.05) is 22.6 Å². The molecule has 2 aromatic rings. The Bertz CT molecular complexity index is 1070. The van der Waals surface area contributed by atoms with Gasteiger partial charge in [0, 0.05) is 11.8 Å². The molecule has 3 rings (SSSR count). The van der Waals surface area contributed by atoms with Crippen LogP contribution in [-0.2, 0) is 14.3 Å². The van der Waals surface area contributed by atoms with Crippen LogP contribution in [0, 0.1) is 3.77 Å². The van der Waals surface area contributed by atoms with Crippen molar-refractivity contribution in [3.63, 3.8) is 0 Å². The molecule has 0 radical (unpaired) electrons. The van der Waals surface area contributed by atoms with Gasteiger partial charge in [-0.05, 0) is 71.6 Å². The zero-order valence-electron chi connectivity index (χ0n) is 15.4. The molecule has 11 heteroatoms. The van der Waals surface area contributed by atoms with Gasteiger partial charge < -0.3 is 14.5 Å². The van der Waals surface area contributed by atoms with Crippen LogP contribution in [0.25, 0.3) is 6.08 Å². The number of nitrogens with one attached hydrogen (secondary N) is 1. The summed E-state index contributed by atoms with van der Waals surface area (Å²) in [6, 6.07) is 7.70. The van der Waals surface area contributed by atoms with E-state index in [1.165, 1.54) is 24.3 Å². The number of anilines is 1. The lowest BCUT2D eigenvalue weighted by Gasteiger charge is -2.13. The number of imide groups is 1. The molecular formula is C19H14ClIN2O6S. The van der Waals surface area contributed by atoms with Gasteiger partial charge in [0.2, 0.25) is 5.91 Å². The van der Waals surface area contributed by atoms with E-state index < -0.39 is 29.6 Å². The van der Waals surface area contributed by atoms with Crippen molar-refractivity contribution in [1.82, 2.24) is 4.90 Å². The Balaban J connectivity index is 1.68. The molecule has 30 heavy (non-hydrogen) atoms. The first-order valence-electron chi connectivity index (χ1n) is 8.55.